The quantitative estimate of drug-likeness (QED) is 0.150. The zero-order valence-electron chi connectivity index (χ0n) is 37.2. The van der Waals surface area contributed by atoms with Crippen LogP contribution in [0.5, 0.6) is 0 Å². The third-order valence-corrected chi connectivity index (χ3v) is 13.4. The monoisotopic (exact) mass is 853 g/mol. The number of carbonyl (C=O) groups is 9. The smallest absolute Gasteiger partial charge is 0.327 e. The number of carboxylic acid groups (broad SMARTS) is 1. The van der Waals surface area contributed by atoms with E-state index in [1.807, 2.05) is 0 Å². The normalized spacial score (nSPS) is 33.9. The fourth-order valence-electron chi connectivity index (χ4n) is 7.65. The molecule has 5 saturated heterocycles. The molecule has 0 spiro atoms. The predicted octanol–water partition coefficient (Wildman–Crippen LogP) is 0.164. The number of thioether (sulfide) groups is 2. The van der Waals surface area contributed by atoms with Gasteiger partial charge < -0.3 is 41.1 Å². The highest BCUT2D eigenvalue weighted by molar-refractivity contribution is 8.02. The molecule has 18 nitrogen and oxygen atoms in total. The van der Waals surface area contributed by atoms with Crippen LogP contribution in [0.1, 0.15) is 63.3 Å². The number of piperazine rings is 1. The predicted molar refractivity (Wildman–Crippen MR) is 213 cm³/mol. The van der Waals surface area contributed by atoms with Crippen LogP contribution in [-0.2, 0) is 38.4 Å². The molecule has 5 aliphatic heterocycles. The van der Waals surface area contributed by atoms with Crippen molar-refractivity contribution in [1.82, 2.24) is 40.9 Å². The third kappa shape index (κ3) is 7.25. The fraction of sp³-hybridized carbons (Fsp3) is 0.462. The van der Waals surface area contributed by atoms with E-state index in [-0.39, 0.29) is 25.2 Å². The van der Waals surface area contributed by atoms with Crippen LogP contribution in [0.3, 0.4) is 0 Å². The second-order valence-corrected chi connectivity index (χ2v) is 18.3. The van der Waals surface area contributed by atoms with E-state index in [0.29, 0.717) is 27.1 Å². The minimum Gasteiger partial charge on any atom is -0.480 e. The number of benzene rings is 2. The number of aliphatic carboxylic acids is 1. The van der Waals surface area contributed by atoms with Crippen LogP contribution >= 0.6 is 23.5 Å². The van der Waals surface area contributed by atoms with Crippen molar-refractivity contribution in [3.05, 3.63) is 71.8 Å². The zero-order chi connectivity index (χ0) is 46.9. The molecule has 2 aromatic carbocycles. The number of nitrogens with zero attached hydrogens (tertiary/aromatic N) is 4. The molecule has 59 heavy (non-hydrogen) atoms. The number of nitrogens with one attached hydrogen (secondary N) is 4. The van der Waals surface area contributed by atoms with Gasteiger partial charge in [0.25, 0.3) is 1.43 Å². The van der Waals surface area contributed by atoms with Crippen molar-refractivity contribution < 1.29 is 53.7 Å². The molecule has 5 N–H and O–H groups in total. The molecule has 0 aliphatic carbocycles. The highest BCUT2D eigenvalue weighted by Crippen LogP contribution is 2.52. The fourth-order valence-corrected chi connectivity index (χ4v) is 10.5. The van der Waals surface area contributed by atoms with E-state index in [1.54, 1.807) is 69.3 Å². The Labute approximate surface area is 354 Å². The van der Waals surface area contributed by atoms with Crippen LogP contribution < -0.4 is 21.3 Å². The summed E-state index contributed by atoms with van der Waals surface area (Å²) < 4.78 is 39.3. The van der Waals surface area contributed by atoms with Crippen molar-refractivity contribution >= 4 is 76.9 Å². The molecular weight excluding hydrogens is 805 g/mol. The van der Waals surface area contributed by atoms with Gasteiger partial charge in [0.05, 0.1) is 4.11 Å². The first-order valence-electron chi connectivity index (χ1n) is 21.1. The lowest BCUT2D eigenvalue weighted by Gasteiger charge is -2.45. The van der Waals surface area contributed by atoms with Gasteiger partial charge in [0, 0.05) is 30.5 Å². The van der Waals surface area contributed by atoms with Gasteiger partial charge in [-0.2, -0.15) is 0 Å². The number of carbonyl (C=O) groups excluding carboxylic acids is 8. The number of likely N-dealkylation sites (N-methyl/N-ethyl adjacent to an activating group) is 1. The molecular formula is C39H44N8O10S2. The molecule has 7 rings (SSSR count). The van der Waals surface area contributed by atoms with Crippen molar-refractivity contribution in [3.8, 4) is 0 Å². The Kier molecular flexibility index (Phi) is 9.29. The number of hydrogen-bond donors (Lipinski definition) is 5. The van der Waals surface area contributed by atoms with Crippen LogP contribution in [-0.4, -0.2) is 142 Å². The average Bonchev–Trinajstić information content (AvgIpc) is 3.64. The number of amides is 9. The minimum atomic E-state index is -2.85. The first-order chi connectivity index (χ1) is 30.1. The van der Waals surface area contributed by atoms with Crippen molar-refractivity contribution in [1.29, 1.82) is 1.43 Å². The van der Waals surface area contributed by atoms with E-state index < -0.39 is 117 Å². The molecule has 5 heterocycles. The molecule has 0 aromatic heterocycles. The third-order valence-electron chi connectivity index (χ3n) is 10.6. The van der Waals surface area contributed by atoms with E-state index >= 15 is 0 Å². The van der Waals surface area contributed by atoms with Gasteiger partial charge >= 0.3 is 23.8 Å². The van der Waals surface area contributed by atoms with E-state index in [2.05, 4.69) is 26.4 Å². The summed E-state index contributed by atoms with van der Waals surface area (Å²) in [5.41, 5.74) is 0.480. The number of fused-ring (bicyclic) bond motifs is 2. The van der Waals surface area contributed by atoms with Gasteiger partial charge in [-0.3, -0.25) is 38.5 Å². The van der Waals surface area contributed by atoms with Crippen molar-refractivity contribution in [2.45, 2.75) is 91.0 Å². The minimum absolute atomic E-state index is 0.102. The van der Waals surface area contributed by atoms with Crippen molar-refractivity contribution in [3.63, 3.8) is 0 Å². The Balaban J connectivity index is 1.08. The molecule has 5 fully saturated rings. The Bertz CT molecular complexity index is 2340. The summed E-state index contributed by atoms with van der Waals surface area (Å²) in [6.45, 7) is 5.82. The van der Waals surface area contributed by atoms with Crippen LogP contribution in [0, 0.1) is 0 Å². The molecule has 9 atom stereocenters. The Morgan fingerprint density at radius 1 is 0.831 bits per heavy atom. The van der Waals surface area contributed by atoms with Gasteiger partial charge in [0.1, 0.15) is 46.9 Å². The molecule has 0 radical (unpaired) electrons. The molecule has 20 heteroatoms. The van der Waals surface area contributed by atoms with Gasteiger partial charge in [-0.25, -0.2) is 9.59 Å². The number of β-lactam (4-membered cyclic amide) rings is 2. The van der Waals surface area contributed by atoms with Gasteiger partial charge in [-0.15, -0.1) is 23.5 Å². The van der Waals surface area contributed by atoms with Gasteiger partial charge in [-0.05, 0) is 45.7 Å². The summed E-state index contributed by atoms with van der Waals surface area (Å²) in [5, 5.41) is 10.7. The Morgan fingerprint density at radius 3 is 2.03 bits per heavy atom. The zero-order valence-corrected chi connectivity index (χ0v) is 33.8. The van der Waals surface area contributed by atoms with Crippen LogP contribution in [0.15, 0.2) is 60.7 Å². The molecule has 5 aliphatic rings. The number of imide groups is 1. The first kappa shape index (κ1) is 35.3. The van der Waals surface area contributed by atoms with Gasteiger partial charge in [0.2, 0.25) is 29.5 Å². The number of urea groups is 1. The van der Waals surface area contributed by atoms with E-state index in [4.69, 9.17) is 6.91 Å². The average molecular weight is 854 g/mol. The molecule has 312 valence electrons. The number of carboxylic acids is 1. The lowest BCUT2D eigenvalue weighted by molar-refractivity contribution is -0.161. The summed E-state index contributed by atoms with van der Waals surface area (Å²) in [6, 6.07) is 3.59. The largest absolute Gasteiger partial charge is 0.480 e. The topological polar surface area (TPSA) is 235 Å². The first-order valence-corrected chi connectivity index (χ1v) is 20.2. The van der Waals surface area contributed by atoms with Crippen molar-refractivity contribution in [2.75, 3.05) is 19.6 Å². The van der Waals surface area contributed by atoms with E-state index in [0.717, 1.165) is 0 Å². The SMILES string of the molecule is [2H]CC1(C)SC2([2H])N(C(=O)C2([2H])NC(=O)C(NC(=O)C2N3C(=O)C(NC(=O)C(NC(=O)N4CCN(CC)C(=O)C4=O)c4ccccc4)C3SC2(C)C)c2ccccc2)C1([2H])C(=O)O[2H]. The molecule has 9 amide bonds. The van der Waals surface area contributed by atoms with Gasteiger partial charge in [-0.1, -0.05) is 60.7 Å². The molecule has 9 unspecified atom stereocenters. The lowest BCUT2D eigenvalue weighted by atomic mass is 9.93. The van der Waals surface area contributed by atoms with Crippen molar-refractivity contribution in [2.24, 2.45) is 0 Å². The maximum absolute atomic E-state index is 14.4. The van der Waals surface area contributed by atoms with Gasteiger partial charge in [0.15, 0.2) is 0 Å². The molecule has 0 saturated carbocycles. The highest BCUT2D eigenvalue weighted by Gasteiger charge is 2.66. The Hall–Kier alpha value is -5.63. The molecule has 0 bridgehead atoms. The number of rotatable bonds is 11. The highest BCUT2D eigenvalue weighted by atomic mass is 32.2. The maximum atomic E-state index is 14.4. The summed E-state index contributed by atoms with van der Waals surface area (Å²) in [5.74, 6) is -8.31. The number of hydrogen-bond acceptors (Lipinski definition) is 12. The standard InChI is InChI=1S/C39H44N8O10S2/c1-6-44-17-18-45(33(54)32(44)53)37(57)43-22(20-15-11-8-12-16-20)28(49)42-23-30(51)46-25(38(2,3)58-34(23)46)29(50)40-21(19-13-9-7-10-14-19)27(48)41-24-31(52)47-26(36(55)56)39(4,5)59-35(24)47/h7-16,21-26,34-35H,6,17-18H2,1-5H3,(H,40,50)(H,41,48)(H,42,49)(H,43,57)(H,55,56)/i4D,24D,26D,35D/hD. The summed E-state index contributed by atoms with van der Waals surface area (Å²) in [7, 11) is 0. The summed E-state index contributed by atoms with van der Waals surface area (Å²) >= 11 is 1.61. The lowest BCUT2D eigenvalue weighted by Crippen LogP contribution is -2.72. The van der Waals surface area contributed by atoms with E-state index in [1.165, 1.54) is 40.6 Å². The maximum Gasteiger partial charge on any atom is 0.327 e. The summed E-state index contributed by atoms with van der Waals surface area (Å²) in [6.07, 6.45) is 0. The Morgan fingerprint density at radius 2 is 1.44 bits per heavy atom. The second kappa shape index (κ2) is 15.5. The van der Waals surface area contributed by atoms with Crippen LogP contribution in [0.4, 0.5) is 4.79 Å². The van der Waals surface area contributed by atoms with E-state index in [9.17, 15) is 43.2 Å². The summed E-state index contributed by atoms with van der Waals surface area (Å²) in [4.78, 5) is 125. The van der Waals surface area contributed by atoms with Crippen LogP contribution in [0.25, 0.3) is 1.43 Å². The molecule has 2 aromatic rings. The van der Waals surface area contributed by atoms with Crippen LogP contribution in [0.2, 0.25) is 0 Å². The second-order valence-electron chi connectivity index (χ2n) is 15.0.